The van der Waals surface area contributed by atoms with E-state index in [9.17, 15) is 4.79 Å². The fourth-order valence-electron chi connectivity index (χ4n) is 1.66. The number of hydrogen-bond acceptors (Lipinski definition) is 3. The summed E-state index contributed by atoms with van der Waals surface area (Å²) in [6.07, 6.45) is 0.884. The molecule has 1 aromatic carbocycles. The van der Waals surface area contributed by atoms with Crippen LogP contribution in [0.2, 0.25) is 0 Å². The highest BCUT2D eigenvalue weighted by molar-refractivity contribution is 8.01. The minimum Gasteiger partial charge on any atom is -0.379 e. The summed E-state index contributed by atoms with van der Waals surface area (Å²) in [6.45, 7) is 3.66. The van der Waals surface area contributed by atoms with E-state index in [0.29, 0.717) is 5.25 Å². The van der Waals surface area contributed by atoms with Crippen LogP contribution in [0.1, 0.15) is 23.7 Å². The number of Topliss-reactive ketones (excluding diaryl/α,β-unsaturated/α-hetero) is 1. The molecule has 0 aliphatic carbocycles. The quantitative estimate of drug-likeness (QED) is 0.735. The van der Waals surface area contributed by atoms with Gasteiger partial charge in [0.25, 0.3) is 0 Å². The molecule has 1 heterocycles. The largest absolute Gasteiger partial charge is 0.379 e. The van der Waals surface area contributed by atoms with E-state index in [-0.39, 0.29) is 11.0 Å². The zero-order chi connectivity index (χ0) is 11.4. The van der Waals surface area contributed by atoms with Crippen molar-refractivity contribution in [2.45, 2.75) is 23.8 Å². The first-order valence-corrected chi connectivity index (χ1v) is 6.58. The molecule has 0 radical (unpaired) electrons. The molecule has 0 aromatic heterocycles. The molecule has 0 amide bonds. The lowest BCUT2D eigenvalue weighted by Crippen LogP contribution is -2.34. The monoisotopic (exact) mass is 236 g/mol. The Balaban J connectivity index is 2.00. The molecule has 3 heteroatoms. The summed E-state index contributed by atoms with van der Waals surface area (Å²) in [5.74, 6) is 0.250. The number of thioether (sulfide) groups is 1. The van der Waals surface area contributed by atoms with E-state index in [4.69, 9.17) is 4.74 Å². The minimum atomic E-state index is 0.0799. The lowest BCUT2D eigenvalue weighted by Gasteiger charge is -2.28. The predicted molar refractivity (Wildman–Crippen MR) is 67.0 cm³/mol. The van der Waals surface area contributed by atoms with Crippen molar-refractivity contribution in [2.24, 2.45) is 0 Å². The van der Waals surface area contributed by atoms with Crippen molar-refractivity contribution in [3.63, 3.8) is 0 Å². The average Bonchev–Trinajstić information content (AvgIpc) is 2.28. The number of ketones is 1. The van der Waals surface area contributed by atoms with Crippen molar-refractivity contribution >= 4 is 17.5 Å². The van der Waals surface area contributed by atoms with Crippen LogP contribution in [0.25, 0.3) is 0 Å². The fraction of sp³-hybridized carbons (Fsp3) is 0.462. The van der Waals surface area contributed by atoms with E-state index in [1.165, 1.54) is 0 Å². The Bertz CT molecular complexity index is 346. The van der Waals surface area contributed by atoms with Crippen molar-refractivity contribution in [2.75, 3.05) is 13.2 Å². The second-order valence-electron chi connectivity index (χ2n) is 3.92. The Morgan fingerprint density at radius 2 is 2.12 bits per heavy atom. The van der Waals surface area contributed by atoms with E-state index >= 15 is 0 Å². The first kappa shape index (κ1) is 11.7. The number of carbonyl (C=O) groups is 1. The molecule has 1 saturated heterocycles. The van der Waals surface area contributed by atoms with Crippen molar-refractivity contribution in [1.29, 1.82) is 0 Å². The summed E-state index contributed by atoms with van der Waals surface area (Å²) in [5, 5.41) is 0.592. The Morgan fingerprint density at radius 1 is 1.44 bits per heavy atom. The highest BCUT2D eigenvalue weighted by Gasteiger charge is 2.27. The summed E-state index contributed by atoms with van der Waals surface area (Å²) in [6, 6.07) is 9.55. The van der Waals surface area contributed by atoms with E-state index < -0.39 is 0 Å². The van der Waals surface area contributed by atoms with Crippen LogP contribution in [-0.4, -0.2) is 29.5 Å². The van der Waals surface area contributed by atoms with Crippen LogP contribution in [0.4, 0.5) is 0 Å². The van der Waals surface area contributed by atoms with Crippen molar-refractivity contribution in [3.8, 4) is 0 Å². The smallest absolute Gasteiger partial charge is 0.175 e. The molecule has 0 saturated carbocycles. The van der Waals surface area contributed by atoms with Gasteiger partial charge in [0.15, 0.2) is 5.78 Å². The van der Waals surface area contributed by atoms with E-state index in [1.54, 1.807) is 11.8 Å². The topological polar surface area (TPSA) is 26.3 Å². The number of hydrogen-bond donors (Lipinski definition) is 0. The third kappa shape index (κ3) is 2.66. The van der Waals surface area contributed by atoms with Gasteiger partial charge in [-0.05, 0) is 6.42 Å². The van der Waals surface area contributed by atoms with Gasteiger partial charge in [0.05, 0.1) is 23.7 Å². The number of ether oxygens (including phenoxy) is 1. The Kier molecular flexibility index (Phi) is 4.02. The van der Waals surface area contributed by atoms with Crippen LogP contribution in [0.15, 0.2) is 30.3 Å². The molecule has 16 heavy (non-hydrogen) atoms. The number of carbonyl (C=O) groups excluding carboxylic acids is 1. The molecule has 86 valence electrons. The zero-order valence-electron chi connectivity index (χ0n) is 9.39. The van der Waals surface area contributed by atoms with Crippen LogP contribution in [0, 0.1) is 0 Å². The maximum Gasteiger partial charge on any atom is 0.175 e. The molecule has 0 N–H and O–H groups in total. The van der Waals surface area contributed by atoms with Crippen LogP contribution >= 0.6 is 11.8 Å². The first-order valence-electron chi connectivity index (χ1n) is 5.63. The lowest BCUT2D eigenvalue weighted by molar-refractivity contribution is 0.0452. The van der Waals surface area contributed by atoms with Gasteiger partial charge < -0.3 is 4.74 Å². The third-order valence-corrected chi connectivity index (χ3v) is 4.22. The molecule has 1 aliphatic rings. The van der Waals surface area contributed by atoms with Gasteiger partial charge in [0, 0.05) is 5.56 Å². The highest BCUT2D eigenvalue weighted by atomic mass is 32.2. The second-order valence-corrected chi connectivity index (χ2v) is 5.43. The van der Waals surface area contributed by atoms with Crippen LogP contribution < -0.4 is 0 Å². The Morgan fingerprint density at radius 3 is 2.62 bits per heavy atom. The average molecular weight is 236 g/mol. The fourth-order valence-corrected chi connectivity index (χ4v) is 2.92. The van der Waals surface area contributed by atoms with Crippen LogP contribution in [-0.2, 0) is 4.74 Å². The SMILES string of the molecule is CCC(SC1COC1)C(=O)c1ccccc1. The van der Waals surface area contributed by atoms with Gasteiger partial charge in [-0.1, -0.05) is 37.3 Å². The Hall–Kier alpha value is -0.800. The molecule has 1 aliphatic heterocycles. The number of rotatable bonds is 5. The zero-order valence-corrected chi connectivity index (χ0v) is 10.2. The second kappa shape index (κ2) is 5.51. The normalized spacial score (nSPS) is 17.8. The van der Waals surface area contributed by atoms with Gasteiger partial charge in [-0.3, -0.25) is 4.79 Å². The molecular formula is C13H16O2S. The lowest BCUT2D eigenvalue weighted by atomic mass is 10.1. The van der Waals surface area contributed by atoms with Crippen molar-refractivity contribution in [1.82, 2.24) is 0 Å². The maximum absolute atomic E-state index is 12.2. The molecule has 1 unspecified atom stereocenters. The predicted octanol–water partition coefficient (Wildman–Crippen LogP) is 2.78. The van der Waals surface area contributed by atoms with Gasteiger partial charge in [-0.15, -0.1) is 11.8 Å². The first-order chi connectivity index (χ1) is 7.81. The molecule has 2 rings (SSSR count). The summed E-state index contributed by atoms with van der Waals surface area (Å²) in [4.78, 5) is 12.2. The van der Waals surface area contributed by atoms with Gasteiger partial charge in [-0.25, -0.2) is 0 Å². The standard InChI is InChI=1S/C13H16O2S/c1-2-12(16-11-8-15-9-11)13(14)10-6-4-3-5-7-10/h3-7,11-12H,2,8-9H2,1H3. The van der Waals surface area contributed by atoms with Gasteiger partial charge in [0.2, 0.25) is 0 Å². The van der Waals surface area contributed by atoms with Crippen molar-refractivity contribution in [3.05, 3.63) is 35.9 Å². The van der Waals surface area contributed by atoms with Gasteiger partial charge in [-0.2, -0.15) is 0 Å². The van der Waals surface area contributed by atoms with Crippen LogP contribution in [0.5, 0.6) is 0 Å². The third-order valence-electron chi connectivity index (χ3n) is 2.69. The molecule has 0 spiro atoms. The van der Waals surface area contributed by atoms with Crippen LogP contribution in [0.3, 0.4) is 0 Å². The van der Waals surface area contributed by atoms with E-state index in [0.717, 1.165) is 25.2 Å². The molecule has 1 atom stereocenters. The van der Waals surface area contributed by atoms with E-state index in [1.807, 2.05) is 30.3 Å². The summed E-state index contributed by atoms with van der Waals surface area (Å²) in [5.41, 5.74) is 0.821. The summed E-state index contributed by atoms with van der Waals surface area (Å²) >= 11 is 1.76. The van der Waals surface area contributed by atoms with Crippen molar-refractivity contribution < 1.29 is 9.53 Å². The van der Waals surface area contributed by atoms with Gasteiger partial charge in [0.1, 0.15) is 0 Å². The molecule has 1 aromatic rings. The molecule has 1 fully saturated rings. The minimum absolute atomic E-state index is 0.0799. The highest BCUT2D eigenvalue weighted by Crippen LogP contribution is 2.28. The number of benzene rings is 1. The molecular weight excluding hydrogens is 220 g/mol. The molecule has 0 bridgehead atoms. The van der Waals surface area contributed by atoms with Gasteiger partial charge >= 0.3 is 0 Å². The summed E-state index contributed by atoms with van der Waals surface area (Å²) < 4.78 is 5.13. The van der Waals surface area contributed by atoms with E-state index in [2.05, 4.69) is 6.92 Å². The molecule has 2 nitrogen and oxygen atoms in total. The summed E-state index contributed by atoms with van der Waals surface area (Å²) in [7, 11) is 0. The Labute approximate surface area is 100 Å². The maximum atomic E-state index is 12.2.